The molecule has 0 bridgehead atoms. The van der Waals surface area contributed by atoms with E-state index < -0.39 is 73.2 Å². The third-order valence-corrected chi connectivity index (χ3v) is 4.45. The van der Waals surface area contributed by atoms with Crippen LogP contribution in [0.15, 0.2) is 24.3 Å². The monoisotopic (exact) mass is 588 g/mol. The molecule has 0 spiro atoms. The quantitative estimate of drug-likeness (QED) is 0.0737. The van der Waals surface area contributed by atoms with Gasteiger partial charge in [0.2, 0.25) is 0 Å². The molecule has 0 heterocycles. The molecule has 0 radical (unpaired) electrons. The van der Waals surface area contributed by atoms with Gasteiger partial charge in [-0.3, -0.25) is 20.1 Å². The smallest absolute Gasteiger partial charge is 0.772 e. The number of phenolic OH excluding ortho intramolecular Hbond substituents is 4. The number of halogens is 6. The van der Waals surface area contributed by atoms with Crippen molar-refractivity contribution < 1.29 is 125 Å². The van der Waals surface area contributed by atoms with Gasteiger partial charge in [-0.2, -0.15) is 26.3 Å². The van der Waals surface area contributed by atoms with Crippen LogP contribution in [0.4, 0.5) is 37.7 Å². The van der Waals surface area contributed by atoms with Gasteiger partial charge in [0, 0.05) is 0 Å². The maximum atomic E-state index is 12.2. The molecule has 12 nitrogen and oxygen atoms in total. The minimum atomic E-state index is -4.78. The van der Waals surface area contributed by atoms with Crippen molar-refractivity contribution in [3.63, 3.8) is 0 Å². The van der Waals surface area contributed by atoms with Gasteiger partial charge in [-0.15, -0.1) is 0 Å². The van der Waals surface area contributed by atoms with E-state index in [0.29, 0.717) is 0 Å². The number of alkyl halides is 6. The van der Waals surface area contributed by atoms with E-state index in [1.807, 2.05) is 0 Å². The third kappa shape index (κ3) is 12.1. The summed E-state index contributed by atoms with van der Waals surface area (Å²) in [5.41, 5.74) is 4.89. The number of aromatic hydroxyl groups is 4. The topological polar surface area (TPSA) is 237 Å². The van der Waals surface area contributed by atoms with Crippen molar-refractivity contribution in [2.24, 2.45) is 11.0 Å². The summed E-state index contributed by atoms with van der Waals surface area (Å²) < 4.78 is 94.7. The average Bonchev–Trinajstić information content (AvgIpc) is 2.58. The number of benzene rings is 2. The van der Waals surface area contributed by atoms with E-state index in [-0.39, 0.29) is 83.4 Å². The second-order valence-electron chi connectivity index (χ2n) is 6.19. The van der Waals surface area contributed by atoms with E-state index in [2.05, 4.69) is 11.0 Å². The predicted molar refractivity (Wildman–Crippen MR) is 100 cm³/mol. The minimum Gasteiger partial charge on any atom is -0.772 e. The Hall–Kier alpha value is -0.880. The molecule has 0 fully saturated rings. The first-order valence-electron chi connectivity index (χ1n) is 8.03. The van der Waals surface area contributed by atoms with Crippen LogP contribution >= 0.6 is 15.3 Å². The fourth-order valence-electron chi connectivity index (χ4n) is 2.09. The van der Waals surface area contributed by atoms with Gasteiger partial charge in [-0.05, 0) is 24.3 Å². The Bertz CT molecular complexity index is 1020. The van der Waals surface area contributed by atoms with Crippen LogP contribution in [0.25, 0.3) is 0 Å². The van der Waals surface area contributed by atoms with Gasteiger partial charge in [-0.25, -0.2) is 0 Å². The number of hydrogen-bond acceptors (Lipinski definition) is 8. The summed E-state index contributed by atoms with van der Waals surface area (Å²) in [5, 5.41) is 39.7. The predicted octanol–water partition coefficient (Wildman–Crippen LogP) is -4.08. The van der Waals surface area contributed by atoms with Crippen molar-refractivity contribution in [1.82, 2.24) is 0 Å². The molecule has 36 heavy (non-hydrogen) atoms. The molecule has 2 rings (SSSR count). The van der Waals surface area contributed by atoms with E-state index in [1.54, 1.807) is 0 Å². The van der Waals surface area contributed by atoms with Crippen molar-refractivity contribution in [2.45, 2.75) is 12.4 Å². The van der Waals surface area contributed by atoms with E-state index >= 15 is 0 Å². The molecule has 2 atom stereocenters. The van der Waals surface area contributed by atoms with Crippen LogP contribution in [-0.2, 0) is 21.5 Å². The van der Waals surface area contributed by atoms with Crippen molar-refractivity contribution in [1.29, 1.82) is 0 Å². The van der Waals surface area contributed by atoms with Gasteiger partial charge in [-0.1, -0.05) is 0 Å². The van der Waals surface area contributed by atoms with E-state index in [4.69, 9.17) is 20.4 Å². The van der Waals surface area contributed by atoms with Gasteiger partial charge in [0.1, 0.15) is 34.4 Å². The fourth-order valence-corrected chi connectivity index (χ4v) is 3.17. The van der Waals surface area contributed by atoms with E-state index in [0.717, 1.165) is 0 Å². The van der Waals surface area contributed by atoms with Gasteiger partial charge in [0.05, 0.1) is 11.1 Å². The number of nitrogens with two attached hydrogens (primary N) is 2. The normalized spacial score (nSPS) is 14.5. The van der Waals surface area contributed by atoms with Crippen molar-refractivity contribution in [2.75, 3.05) is 10.2 Å². The zero-order valence-corrected chi connectivity index (χ0v) is 23.8. The Morgan fingerprint density at radius 3 is 0.972 bits per heavy atom. The number of hydrogen-bond donors (Lipinski definition) is 8. The van der Waals surface area contributed by atoms with Gasteiger partial charge in [0.25, 0.3) is 0 Å². The number of rotatable bonds is 4. The van der Waals surface area contributed by atoms with Gasteiger partial charge < -0.3 is 40.4 Å². The molecule has 10 N–H and O–H groups in total. The van der Waals surface area contributed by atoms with Crippen LogP contribution in [0.1, 0.15) is 11.1 Å². The molecule has 2 aromatic carbocycles. The Balaban J connectivity index is 0. The van der Waals surface area contributed by atoms with Gasteiger partial charge >= 0.3 is 71.5 Å². The van der Waals surface area contributed by atoms with Crippen LogP contribution in [0.2, 0.25) is 0 Å². The molecule has 22 heteroatoms. The molecule has 0 aromatic heterocycles. The molecule has 0 aliphatic carbocycles. The maximum Gasteiger partial charge on any atom is 1.00 e. The first-order chi connectivity index (χ1) is 15.0. The van der Waals surface area contributed by atoms with Crippen LogP contribution in [0, 0.1) is 0 Å². The van der Waals surface area contributed by atoms with Gasteiger partial charge in [0.15, 0.2) is 15.3 Å². The van der Waals surface area contributed by atoms with Crippen LogP contribution in [-0.4, -0.2) is 20.4 Å². The molecule has 0 amide bonds. The summed E-state index contributed by atoms with van der Waals surface area (Å²) >= 11 is 0. The summed E-state index contributed by atoms with van der Waals surface area (Å²) in [6.45, 7) is 0. The first kappa shape index (κ1) is 37.3. The maximum absolute atomic E-state index is 12.2. The number of anilines is 2. The standard InChI is InChI=1S/2C7H8F3N2O4P.2Na/c2*8-7(9,10)3-1-4(13)6(5(14)2-3)12-17(11,15)16;;/h2*1-2,13-14H,(H4,11,12,15,16);;/q;;2*+1/p-2. The van der Waals surface area contributed by atoms with E-state index in [9.17, 15) is 45.3 Å². The largest absolute Gasteiger partial charge is 1.00 e. The van der Waals surface area contributed by atoms with Crippen molar-refractivity contribution in [3.05, 3.63) is 35.4 Å². The van der Waals surface area contributed by atoms with Crippen LogP contribution in [0.5, 0.6) is 23.0 Å². The van der Waals surface area contributed by atoms with Crippen molar-refractivity contribution >= 4 is 26.7 Å². The Morgan fingerprint density at radius 2 is 0.833 bits per heavy atom. The SMILES string of the molecule is NP(=O)([O-])Nc1c(O)cc(C(F)(F)F)cc1O.NP(=O)([O-])Nc1c(O)cc(C(F)(F)F)cc1O.[Na+].[Na+]. The second-order valence-corrected chi connectivity index (χ2v) is 9.03. The molecular weight excluding hydrogens is 574 g/mol. The number of phenols is 4. The fraction of sp³-hybridized carbons (Fsp3) is 0.143. The molecule has 0 aliphatic heterocycles. The third-order valence-electron chi connectivity index (χ3n) is 3.38. The molecule has 192 valence electrons. The minimum absolute atomic E-state index is 0. The summed E-state index contributed by atoms with van der Waals surface area (Å²) in [7, 11) is -9.20. The molecule has 0 aliphatic rings. The summed E-state index contributed by atoms with van der Waals surface area (Å²) in [6, 6.07) is 1.05. The Kier molecular flexibility index (Phi) is 13.7. The number of nitrogens with one attached hydrogen (secondary N) is 2. The Morgan fingerprint density at radius 1 is 0.639 bits per heavy atom. The zero-order valence-electron chi connectivity index (χ0n) is 18.0. The molecular formula is C14H14F6N4Na2O8P2. The average molecular weight is 588 g/mol. The summed E-state index contributed by atoms with van der Waals surface area (Å²) in [6.07, 6.45) is -9.56. The van der Waals surface area contributed by atoms with E-state index in [1.165, 1.54) is 10.2 Å². The van der Waals surface area contributed by atoms with Crippen molar-refractivity contribution in [3.8, 4) is 23.0 Å². The van der Waals surface area contributed by atoms with Crippen LogP contribution < -0.4 is 90.1 Å². The zero-order chi connectivity index (χ0) is 26.9. The second kappa shape index (κ2) is 13.3. The molecule has 2 unspecified atom stereocenters. The summed E-state index contributed by atoms with van der Waals surface area (Å²) in [5.74, 6) is -4.34. The summed E-state index contributed by atoms with van der Waals surface area (Å²) in [4.78, 5) is 21.3. The molecule has 0 saturated carbocycles. The van der Waals surface area contributed by atoms with Crippen LogP contribution in [0.3, 0.4) is 0 Å². The molecule has 2 aromatic rings. The first-order valence-corrected chi connectivity index (χ1v) is 11.4. The molecule has 0 saturated heterocycles. The Labute approximate surface area is 242 Å².